The molecule has 0 N–H and O–H groups in total. The summed E-state index contributed by atoms with van der Waals surface area (Å²) >= 11 is 1.16. The van der Waals surface area contributed by atoms with Crippen LogP contribution in [0.2, 0.25) is 0 Å². The molecule has 0 aromatic carbocycles. The maximum absolute atomic E-state index is 12.2. The highest BCUT2D eigenvalue weighted by molar-refractivity contribution is 7.07. The molecule has 0 radical (unpaired) electrons. The van der Waals surface area contributed by atoms with Crippen LogP contribution >= 0.6 is 11.3 Å². The Hall–Kier alpha value is -2.21. The lowest BCUT2D eigenvalue weighted by molar-refractivity contribution is 0.731. The molecule has 6 heteroatoms. The minimum absolute atomic E-state index is 0.0336. The van der Waals surface area contributed by atoms with Gasteiger partial charge >= 0.3 is 4.87 Å². The van der Waals surface area contributed by atoms with Crippen molar-refractivity contribution >= 4 is 17.0 Å². The first-order valence-corrected chi connectivity index (χ1v) is 7.07. The van der Waals surface area contributed by atoms with Gasteiger partial charge in [-0.25, -0.2) is 4.98 Å². The van der Waals surface area contributed by atoms with Gasteiger partial charge < -0.3 is 0 Å². The highest BCUT2D eigenvalue weighted by atomic mass is 32.1. The van der Waals surface area contributed by atoms with Crippen LogP contribution in [0.4, 0.5) is 0 Å². The molecule has 0 saturated carbocycles. The van der Waals surface area contributed by atoms with Gasteiger partial charge in [-0.05, 0) is 26.0 Å². The molecule has 0 aliphatic carbocycles. The van der Waals surface area contributed by atoms with Crippen LogP contribution < -0.4 is 10.4 Å². The van der Waals surface area contributed by atoms with E-state index in [9.17, 15) is 9.59 Å². The summed E-state index contributed by atoms with van der Waals surface area (Å²) in [4.78, 5) is 28.3. The zero-order valence-electron chi connectivity index (χ0n) is 11.2. The molecule has 0 saturated heterocycles. The Kier molecular flexibility index (Phi) is 3.02. The van der Waals surface area contributed by atoms with Crippen molar-refractivity contribution in [2.75, 3.05) is 0 Å². The molecule has 102 valence electrons. The number of hydrogen-bond donors (Lipinski definition) is 0. The van der Waals surface area contributed by atoms with Crippen LogP contribution in [0.5, 0.6) is 0 Å². The number of rotatable bonds is 2. The monoisotopic (exact) mass is 287 g/mol. The van der Waals surface area contributed by atoms with E-state index in [4.69, 9.17) is 0 Å². The first kappa shape index (κ1) is 12.8. The van der Waals surface area contributed by atoms with Crippen LogP contribution in [0.3, 0.4) is 0 Å². The summed E-state index contributed by atoms with van der Waals surface area (Å²) in [6.07, 6.45) is 0. The predicted octanol–water partition coefficient (Wildman–Crippen LogP) is 1.58. The van der Waals surface area contributed by atoms with E-state index in [0.29, 0.717) is 17.9 Å². The van der Waals surface area contributed by atoms with Gasteiger partial charge in [-0.2, -0.15) is 0 Å². The highest BCUT2D eigenvalue weighted by Gasteiger charge is 2.08. The minimum Gasteiger partial charge on any atom is -0.297 e. The van der Waals surface area contributed by atoms with E-state index in [1.807, 2.05) is 26.0 Å². The molecule has 0 aliphatic rings. The lowest BCUT2D eigenvalue weighted by Gasteiger charge is -2.07. The van der Waals surface area contributed by atoms with Crippen molar-refractivity contribution in [2.45, 2.75) is 20.4 Å². The second kappa shape index (κ2) is 4.72. The Bertz CT molecular complexity index is 905. The molecular weight excluding hydrogens is 274 g/mol. The smallest absolute Gasteiger partial charge is 0.297 e. The average Bonchev–Trinajstić information content (AvgIpc) is 2.70. The lowest BCUT2D eigenvalue weighted by Crippen LogP contribution is -2.21. The zero-order chi connectivity index (χ0) is 14.3. The van der Waals surface area contributed by atoms with Gasteiger partial charge in [-0.3, -0.25) is 18.6 Å². The van der Waals surface area contributed by atoms with E-state index in [1.54, 1.807) is 20.4 Å². The molecule has 0 atom stereocenters. The largest absolute Gasteiger partial charge is 0.307 e. The van der Waals surface area contributed by atoms with Crippen molar-refractivity contribution in [1.29, 1.82) is 0 Å². The average molecular weight is 287 g/mol. The van der Waals surface area contributed by atoms with E-state index in [1.165, 1.54) is 6.07 Å². The summed E-state index contributed by atoms with van der Waals surface area (Å²) in [6, 6.07) is 7.01. The molecule has 0 aliphatic heterocycles. The second-order valence-electron chi connectivity index (χ2n) is 4.68. The van der Waals surface area contributed by atoms with Gasteiger partial charge in [-0.1, -0.05) is 17.4 Å². The van der Waals surface area contributed by atoms with Gasteiger partial charge in [0.2, 0.25) is 0 Å². The van der Waals surface area contributed by atoms with E-state index in [-0.39, 0.29) is 10.4 Å². The number of aromatic nitrogens is 3. The third-order valence-electron chi connectivity index (χ3n) is 3.23. The summed E-state index contributed by atoms with van der Waals surface area (Å²) in [5, 5.41) is 1.81. The Morgan fingerprint density at radius 1 is 1.20 bits per heavy atom. The van der Waals surface area contributed by atoms with Gasteiger partial charge in [0.05, 0.1) is 12.2 Å². The van der Waals surface area contributed by atoms with Crippen LogP contribution in [0.1, 0.15) is 17.1 Å². The van der Waals surface area contributed by atoms with Gasteiger partial charge in [0.15, 0.2) is 0 Å². The molecule has 3 aromatic heterocycles. The fraction of sp³-hybridized carbons (Fsp3) is 0.214. The number of nitrogens with zero attached hydrogens (tertiary/aromatic N) is 3. The Labute approximate surface area is 118 Å². The van der Waals surface area contributed by atoms with Crippen LogP contribution in [0, 0.1) is 13.8 Å². The van der Waals surface area contributed by atoms with Gasteiger partial charge in [0.25, 0.3) is 5.56 Å². The van der Waals surface area contributed by atoms with E-state index < -0.39 is 0 Å². The predicted molar refractivity (Wildman–Crippen MR) is 78.6 cm³/mol. The second-order valence-corrected chi connectivity index (χ2v) is 5.50. The zero-order valence-corrected chi connectivity index (χ0v) is 12.0. The standard InChI is InChI=1S/C14H13N3O2S/c1-9-4-3-5-12-15-11(6-13(18)17(9)12)7-16-10(2)8-20-14(16)19/h3-6,8H,7H2,1-2H3. The van der Waals surface area contributed by atoms with Crippen molar-refractivity contribution in [3.63, 3.8) is 0 Å². The molecule has 3 aromatic rings. The molecule has 0 spiro atoms. The normalized spacial score (nSPS) is 11.1. The summed E-state index contributed by atoms with van der Waals surface area (Å²) in [7, 11) is 0. The molecular formula is C14H13N3O2S. The van der Waals surface area contributed by atoms with Gasteiger partial charge in [0.1, 0.15) is 5.65 Å². The quantitative estimate of drug-likeness (QED) is 0.719. The summed E-state index contributed by atoms with van der Waals surface area (Å²) in [6.45, 7) is 4.06. The SMILES string of the molecule is Cc1csc(=O)n1Cc1cc(=O)n2c(C)cccc2n1. The first-order valence-electron chi connectivity index (χ1n) is 6.19. The van der Waals surface area contributed by atoms with E-state index in [2.05, 4.69) is 4.98 Å². The van der Waals surface area contributed by atoms with Crippen LogP contribution in [0.25, 0.3) is 5.65 Å². The van der Waals surface area contributed by atoms with Gasteiger partial charge in [-0.15, -0.1) is 0 Å². The van der Waals surface area contributed by atoms with E-state index >= 15 is 0 Å². The van der Waals surface area contributed by atoms with Crippen molar-refractivity contribution < 1.29 is 0 Å². The Balaban J connectivity index is 2.15. The van der Waals surface area contributed by atoms with Gasteiger partial charge in [0, 0.05) is 22.8 Å². The van der Waals surface area contributed by atoms with Crippen molar-refractivity contribution in [2.24, 2.45) is 0 Å². The molecule has 20 heavy (non-hydrogen) atoms. The number of pyridine rings is 1. The maximum atomic E-state index is 12.2. The number of hydrogen-bond acceptors (Lipinski definition) is 4. The number of fused-ring (bicyclic) bond motifs is 1. The molecule has 5 nitrogen and oxygen atoms in total. The number of thiazole rings is 1. The summed E-state index contributed by atoms with van der Waals surface area (Å²) < 4.78 is 3.19. The van der Waals surface area contributed by atoms with Crippen molar-refractivity contribution in [3.05, 3.63) is 66.7 Å². The molecule has 3 rings (SSSR count). The van der Waals surface area contributed by atoms with Crippen molar-refractivity contribution in [3.8, 4) is 0 Å². The molecule has 0 fully saturated rings. The minimum atomic E-state index is -0.121. The van der Waals surface area contributed by atoms with Crippen LogP contribution in [-0.4, -0.2) is 14.0 Å². The summed E-state index contributed by atoms with van der Waals surface area (Å²) in [5.74, 6) is 0. The maximum Gasteiger partial charge on any atom is 0.307 e. The third kappa shape index (κ3) is 2.08. The Morgan fingerprint density at radius 2 is 2.00 bits per heavy atom. The fourth-order valence-electron chi connectivity index (χ4n) is 2.20. The molecule has 0 unspecified atom stereocenters. The lowest BCUT2D eigenvalue weighted by atomic mass is 10.3. The molecule has 0 amide bonds. The third-order valence-corrected chi connectivity index (χ3v) is 4.11. The van der Waals surface area contributed by atoms with E-state index in [0.717, 1.165) is 22.7 Å². The van der Waals surface area contributed by atoms with Crippen molar-refractivity contribution in [1.82, 2.24) is 14.0 Å². The van der Waals surface area contributed by atoms with Crippen LogP contribution in [-0.2, 0) is 6.54 Å². The number of aryl methyl sites for hydroxylation is 2. The first-order chi connectivity index (χ1) is 9.56. The fourth-order valence-corrected chi connectivity index (χ4v) is 2.94. The molecule has 0 bridgehead atoms. The Morgan fingerprint density at radius 3 is 2.70 bits per heavy atom. The highest BCUT2D eigenvalue weighted by Crippen LogP contribution is 2.06. The molecule has 3 heterocycles. The van der Waals surface area contributed by atoms with Crippen LogP contribution in [0.15, 0.2) is 39.2 Å². The summed E-state index contributed by atoms with van der Waals surface area (Å²) in [5.41, 5.74) is 2.81. The topological polar surface area (TPSA) is 56.4 Å².